The fourth-order valence-corrected chi connectivity index (χ4v) is 4.43. The number of piperidine rings is 1. The van der Waals surface area contributed by atoms with Crippen molar-refractivity contribution >= 4 is 23.2 Å². The van der Waals surface area contributed by atoms with E-state index in [1.807, 2.05) is 30.3 Å². The topological polar surface area (TPSA) is 79.4 Å². The lowest BCUT2D eigenvalue weighted by atomic mass is 10.1. The van der Waals surface area contributed by atoms with Gasteiger partial charge in [-0.15, -0.1) is 0 Å². The standard InChI is InChI=1S/C30H29F2N5O2/c31-24-11-10-23(39-18-17-37-15-5-2-6-16-37)20-28(24)34-29(38)22-9-12-27(25(32)19-22)36-30-33-14-13-26(35-30)21-7-3-1-4-8-21/h1,3-4,7-14,19-20H,2,5-6,15-18H2,(H,34,38)(H,33,35,36). The molecule has 1 amide bonds. The first-order valence-corrected chi connectivity index (χ1v) is 13.0. The van der Waals surface area contributed by atoms with Gasteiger partial charge in [-0.05, 0) is 62.3 Å². The van der Waals surface area contributed by atoms with E-state index in [2.05, 4.69) is 25.5 Å². The molecular formula is C30H29F2N5O2. The highest BCUT2D eigenvalue weighted by Gasteiger charge is 2.15. The monoisotopic (exact) mass is 529 g/mol. The number of aromatic nitrogens is 2. The van der Waals surface area contributed by atoms with Crippen LogP contribution in [-0.4, -0.2) is 47.0 Å². The number of carbonyl (C=O) groups excluding carboxylic acids is 1. The molecule has 0 unspecified atom stereocenters. The van der Waals surface area contributed by atoms with E-state index >= 15 is 0 Å². The summed E-state index contributed by atoms with van der Waals surface area (Å²) in [6.45, 7) is 3.38. The van der Waals surface area contributed by atoms with Crippen LogP contribution in [0.4, 0.5) is 26.1 Å². The Hall–Kier alpha value is -4.37. The highest BCUT2D eigenvalue weighted by Crippen LogP contribution is 2.25. The fraction of sp³-hybridized carbons (Fsp3) is 0.233. The number of nitrogens with one attached hydrogen (secondary N) is 2. The molecule has 3 aromatic carbocycles. The number of nitrogens with zero attached hydrogens (tertiary/aromatic N) is 3. The Kier molecular flexibility index (Phi) is 8.38. The normalized spacial score (nSPS) is 13.6. The van der Waals surface area contributed by atoms with Gasteiger partial charge in [-0.3, -0.25) is 9.69 Å². The first-order chi connectivity index (χ1) is 19.0. The third-order valence-electron chi connectivity index (χ3n) is 6.51. The average molecular weight is 530 g/mol. The predicted molar refractivity (Wildman–Crippen MR) is 147 cm³/mol. The number of halogens is 2. The van der Waals surface area contributed by atoms with Gasteiger partial charge in [0.1, 0.15) is 24.0 Å². The highest BCUT2D eigenvalue weighted by atomic mass is 19.1. The van der Waals surface area contributed by atoms with Crippen molar-refractivity contribution in [2.24, 2.45) is 0 Å². The van der Waals surface area contributed by atoms with Crippen molar-refractivity contribution in [2.45, 2.75) is 19.3 Å². The lowest BCUT2D eigenvalue weighted by Gasteiger charge is -2.26. The zero-order valence-electron chi connectivity index (χ0n) is 21.4. The minimum Gasteiger partial charge on any atom is -0.492 e. The van der Waals surface area contributed by atoms with E-state index in [4.69, 9.17) is 4.74 Å². The summed E-state index contributed by atoms with van der Waals surface area (Å²) in [5, 5.41) is 5.36. The fourth-order valence-electron chi connectivity index (χ4n) is 4.43. The lowest BCUT2D eigenvalue weighted by molar-refractivity contribution is 0.102. The van der Waals surface area contributed by atoms with Gasteiger partial charge in [-0.2, -0.15) is 0 Å². The predicted octanol–water partition coefficient (Wildman–Crippen LogP) is 6.28. The Morgan fingerprint density at radius 3 is 2.51 bits per heavy atom. The van der Waals surface area contributed by atoms with Gasteiger partial charge in [0.15, 0.2) is 0 Å². The van der Waals surface area contributed by atoms with E-state index in [-0.39, 0.29) is 22.9 Å². The van der Waals surface area contributed by atoms with Gasteiger partial charge in [0.2, 0.25) is 5.95 Å². The van der Waals surface area contributed by atoms with Crippen LogP contribution in [0.2, 0.25) is 0 Å². The van der Waals surface area contributed by atoms with Crippen LogP contribution in [0.5, 0.6) is 5.75 Å². The largest absolute Gasteiger partial charge is 0.492 e. The maximum absolute atomic E-state index is 14.9. The molecule has 0 atom stereocenters. The van der Waals surface area contributed by atoms with Crippen LogP contribution in [0.1, 0.15) is 29.6 Å². The van der Waals surface area contributed by atoms with E-state index in [9.17, 15) is 13.6 Å². The van der Waals surface area contributed by atoms with E-state index in [0.717, 1.165) is 31.3 Å². The Labute approximate surface area is 225 Å². The van der Waals surface area contributed by atoms with E-state index in [1.165, 1.54) is 49.6 Å². The molecule has 0 spiro atoms. The van der Waals surface area contributed by atoms with Crippen LogP contribution < -0.4 is 15.4 Å². The molecule has 200 valence electrons. The van der Waals surface area contributed by atoms with Crippen molar-refractivity contribution in [3.05, 3.63) is 96.2 Å². The van der Waals surface area contributed by atoms with Gasteiger partial charge in [0.25, 0.3) is 5.91 Å². The minimum absolute atomic E-state index is 0.0350. The highest BCUT2D eigenvalue weighted by molar-refractivity contribution is 6.04. The van der Waals surface area contributed by atoms with E-state index < -0.39 is 17.5 Å². The van der Waals surface area contributed by atoms with Gasteiger partial charge >= 0.3 is 0 Å². The second kappa shape index (κ2) is 12.4. The van der Waals surface area contributed by atoms with Crippen LogP contribution in [0.3, 0.4) is 0 Å². The number of benzene rings is 3. The molecule has 2 N–H and O–H groups in total. The Bertz CT molecular complexity index is 1430. The molecular weight excluding hydrogens is 500 g/mol. The van der Waals surface area contributed by atoms with Crippen molar-refractivity contribution < 1.29 is 18.3 Å². The van der Waals surface area contributed by atoms with E-state index in [0.29, 0.717) is 18.1 Å². The molecule has 0 saturated carbocycles. The molecule has 1 saturated heterocycles. The quantitative estimate of drug-likeness (QED) is 0.266. The molecule has 0 radical (unpaired) electrons. The summed E-state index contributed by atoms with van der Waals surface area (Å²) < 4.78 is 35.1. The summed E-state index contributed by atoms with van der Waals surface area (Å²) in [5.74, 6) is -1.27. The number of carbonyl (C=O) groups is 1. The van der Waals surface area contributed by atoms with Crippen LogP contribution in [-0.2, 0) is 0 Å². The molecule has 0 bridgehead atoms. The summed E-state index contributed by atoms with van der Waals surface area (Å²) in [7, 11) is 0. The third-order valence-corrected chi connectivity index (χ3v) is 6.51. The summed E-state index contributed by atoms with van der Waals surface area (Å²) in [6, 6.07) is 19.4. The molecule has 0 aliphatic carbocycles. The summed E-state index contributed by atoms with van der Waals surface area (Å²) in [4.78, 5) is 23.7. The maximum atomic E-state index is 14.9. The summed E-state index contributed by atoms with van der Waals surface area (Å²) in [6.07, 6.45) is 5.23. The number of hydrogen-bond donors (Lipinski definition) is 2. The second-order valence-electron chi connectivity index (χ2n) is 9.30. The van der Waals surface area contributed by atoms with Gasteiger partial charge in [0, 0.05) is 29.9 Å². The van der Waals surface area contributed by atoms with Gasteiger partial charge < -0.3 is 15.4 Å². The zero-order chi connectivity index (χ0) is 27.0. The van der Waals surface area contributed by atoms with Crippen LogP contribution in [0, 0.1) is 11.6 Å². The first kappa shape index (κ1) is 26.2. The minimum atomic E-state index is -0.674. The summed E-state index contributed by atoms with van der Waals surface area (Å²) in [5.41, 5.74) is 1.69. The molecule has 39 heavy (non-hydrogen) atoms. The lowest BCUT2D eigenvalue weighted by Crippen LogP contribution is -2.33. The number of likely N-dealkylation sites (tertiary alicyclic amines) is 1. The maximum Gasteiger partial charge on any atom is 0.255 e. The Balaban J connectivity index is 1.21. The molecule has 1 aliphatic heterocycles. The van der Waals surface area contributed by atoms with Gasteiger partial charge in [0.05, 0.1) is 17.1 Å². The van der Waals surface area contributed by atoms with Crippen molar-refractivity contribution in [2.75, 3.05) is 36.9 Å². The third kappa shape index (κ3) is 6.94. The number of amides is 1. The molecule has 7 nitrogen and oxygen atoms in total. The first-order valence-electron chi connectivity index (χ1n) is 13.0. The molecule has 1 fully saturated rings. The smallest absolute Gasteiger partial charge is 0.255 e. The molecule has 5 rings (SSSR count). The average Bonchev–Trinajstić information content (AvgIpc) is 2.97. The van der Waals surface area contributed by atoms with Crippen molar-refractivity contribution in [1.29, 1.82) is 0 Å². The molecule has 2 heterocycles. The van der Waals surface area contributed by atoms with Crippen LogP contribution >= 0.6 is 0 Å². The van der Waals surface area contributed by atoms with Crippen molar-refractivity contribution in [3.8, 4) is 17.0 Å². The summed E-state index contributed by atoms with van der Waals surface area (Å²) >= 11 is 0. The number of rotatable bonds is 9. The Morgan fingerprint density at radius 1 is 0.897 bits per heavy atom. The SMILES string of the molecule is O=C(Nc1cc(OCCN2CCCCC2)ccc1F)c1ccc(Nc2nccc(-c3ccccc3)n2)c(F)c1. The molecule has 9 heteroatoms. The van der Waals surface area contributed by atoms with E-state index in [1.54, 1.807) is 12.3 Å². The van der Waals surface area contributed by atoms with Crippen LogP contribution in [0.25, 0.3) is 11.3 Å². The van der Waals surface area contributed by atoms with Crippen molar-refractivity contribution in [1.82, 2.24) is 14.9 Å². The van der Waals surface area contributed by atoms with Crippen LogP contribution in [0.15, 0.2) is 79.0 Å². The number of hydrogen-bond acceptors (Lipinski definition) is 6. The molecule has 1 aliphatic rings. The van der Waals surface area contributed by atoms with Crippen molar-refractivity contribution in [3.63, 3.8) is 0 Å². The zero-order valence-corrected chi connectivity index (χ0v) is 21.4. The number of anilines is 3. The van der Waals surface area contributed by atoms with Gasteiger partial charge in [-0.1, -0.05) is 36.8 Å². The second-order valence-corrected chi connectivity index (χ2v) is 9.30. The molecule has 1 aromatic heterocycles. The Morgan fingerprint density at radius 2 is 1.72 bits per heavy atom. The number of ether oxygens (including phenoxy) is 1. The van der Waals surface area contributed by atoms with Gasteiger partial charge in [-0.25, -0.2) is 18.7 Å². The molecule has 4 aromatic rings.